The smallest absolute Gasteiger partial charge is 0.330 e. The molecule has 0 aliphatic rings. The first-order valence-electron chi connectivity index (χ1n) is 5.98. The molecule has 1 unspecified atom stereocenters. The standard InChI is InChI=1S/C15H13F2NO2/c1-9-3-2-4-13(5-9)18-14(15(19)20)10-6-11(16)8-12(17)7-10/h2-8,14,18H,1H3,(H,19,20). The molecule has 0 aromatic heterocycles. The van der Waals surface area contributed by atoms with Crippen molar-refractivity contribution in [3.8, 4) is 0 Å². The van der Waals surface area contributed by atoms with Gasteiger partial charge in [-0.1, -0.05) is 12.1 Å². The fourth-order valence-electron chi connectivity index (χ4n) is 1.93. The van der Waals surface area contributed by atoms with Crippen molar-refractivity contribution >= 4 is 11.7 Å². The number of aryl methyl sites for hydroxylation is 1. The Labute approximate surface area is 114 Å². The fraction of sp³-hybridized carbons (Fsp3) is 0.133. The third-order valence-corrected chi connectivity index (χ3v) is 2.79. The third kappa shape index (κ3) is 3.32. The van der Waals surface area contributed by atoms with Gasteiger partial charge >= 0.3 is 5.97 Å². The largest absolute Gasteiger partial charge is 0.479 e. The van der Waals surface area contributed by atoms with Crippen LogP contribution in [0.4, 0.5) is 14.5 Å². The normalized spacial score (nSPS) is 11.9. The van der Waals surface area contributed by atoms with Crippen LogP contribution in [-0.4, -0.2) is 11.1 Å². The molecule has 2 N–H and O–H groups in total. The number of carbonyl (C=O) groups is 1. The van der Waals surface area contributed by atoms with Crippen LogP contribution in [0.15, 0.2) is 42.5 Å². The van der Waals surface area contributed by atoms with Crippen molar-refractivity contribution in [2.24, 2.45) is 0 Å². The van der Waals surface area contributed by atoms with E-state index in [0.29, 0.717) is 11.8 Å². The molecule has 2 aromatic rings. The first kappa shape index (κ1) is 14.0. The topological polar surface area (TPSA) is 49.3 Å². The molecule has 5 heteroatoms. The van der Waals surface area contributed by atoms with Gasteiger partial charge in [-0.25, -0.2) is 13.6 Å². The number of anilines is 1. The average Bonchev–Trinajstić information content (AvgIpc) is 2.34. The second kappa shape index (κ2) is 5.69. The fourth-order valence-corrected chi connectivity index (χ4v) is 1.93. The molecule has 0 aliphatic heterocycles. The lowest BCUT2D eigenvalue weighted by molar-refractivity contribution is -0.138. The van der Waals surface area contributed by atoms with Gasteiger partial charge in [0.15, 0.2) is 6.04 Å². The molecule has 0 aliphatic carbocycles. The predicted molar refractivity (Wildman–Crippen MR) is 71.5 cm³/mol. The second-order valence-corrected chi connectivity index (χ2v) is 4.49. The minimum absolute atomic E-state index is 0.0245. The molecule has 2 aromatic carbocycles. The lowest BCUT2D eigenvalue weighted by atomic mass is 10.1. The van der Waals surface area contributed by atoms with Gasteiger partial charge < -0.3 is 10.4 Å². The lowest BCUT2D eigenvalue weighted by Crippen LogP contribution is -2.20. The van der Waals surface area contributed by atoms with Crippen LogP contribution < -0.4 is 5.32 Å². The number of halogens is 2. The highest BCUT2D eigenvalue weighted by molar-refractivity contribution is 5.79. The highest BCUT2D eigenvalue weighted by Gasteiger charge is 2.21. The van der Waals surface area contributed by atoms with Crippen LogP contribution in [0.5, 0.6) is 0 Å². The number of carboxylic acids is 1. The molecule has 104 valence electrons. The van der Waals surface area contributed by atoms with Crippen molar-refractivity contribution in [2.45, 2.75) is 13.0 Å². The Bertz CT molecular complexity index is 623. The van der Waals surface area contributed by atoms with Crippen molar-refractivity contribution in [2.75, 3.05) is 5.32 Å². The summed E-state index contributed by atoms with van der Waals surface area (Å²) >= 11 is 0. The summed E-state index contributed by atoms with van der Waals surface area (Å²) in [4.78, 5) is 11.3. The summed E-state index contributed by atoms with van der Waals surface area (Å²) in [5, 5.41) is 12.0. The van der Waals surface area contributed by atoms with E-state index in [0.717, 1.165) is 17.7 Å². The number of nitrogens with one attached hydrogen (secondary N) is 1. The summed E-state index contributed by atoms with van der Waals surface area (Å²) in [5.74, 6) is -2.83. The van der Waals surface area contributed by atoms with Gasteiger partial charge in [-0.3, -0.25) is 0 Å². The van der Waals surface area contributed by atoms with Crippen LogP contribution in [-0.2, 0) is 4.79 Å². The van der Waals surface area contributed by atoms with E-state index in [9.17, 15) is 18.7 Å². The minimum atomic E-state index is -1.22. The van der Waals surface area contributed by atoms with Crippen LogP contribution in [0.2, 0.25) is 0 Å². The number of benzene rings is 2. The molecule has 3 nitrogen and oxygen atoms in total. The van der Waals surface area contributed by atoms with Gasteiger partial charge in [0.05, 0.1) is 0 Å². The zero-order chi connectivity index (χ0) is 14.7. The lowest BCUT2D eigenvalue weighted by Gasteiger charge is -2.16. The maximum atomic E-state index is 13.2. The van der Waals surface area contributed by atoms with E-state index < -0.39 is 23.6 Å². The van der Waals surface area contributed by atoms with Gasteiger partial charge in [-0.05, 0) is 42.3 Å². The molecule has 0 radical (unpaired) electrons. The van der Waals surface area contributed by atoms with E-state index in [1.54, 1.807) is 18.2 Å². The van der Waals surface area contributed by atoms with Crippen LogP contribution in [0.1, 0.15) is 17.2 Å². The molecule has 1 atom stereocenters. The van der Waals surface area contributed by atoms with Gasteiger partial charge in [-0.15, -0.1) is 0 Å². The second-order valence-electron chi connectivity index (χ2n) is 4.49. The molecule has 2 rings (SSSR count). The van der Waals surface area contributed by atoms with E-state index in [1.807, 2.05) is 13.0 Å². The van der Waals surface area contributed by atoms with Gasteiger partial charge in [0.25, 0.3) is 0 Å². The molecule has 0 fully saturated rings. The summed E-state index contributed by atoms with van der Waals surface area (Å²) in [6.45, 7) is 1.86. The number of aliphatic carboxylic acids is 1. The maximum Gasteiger partial charge on any atom is 0.330 e. The molecule has 0 saturated heterocycles. The van der Waals surface area contributed by atoms with E-state index in [-0.39, 0.29) is 5.56 Å². The highest BCUT2D eigenvalue weighted by atomic mass is 19.1. The molecule has 20 heavy (non-hydrogen) atoms. The van der Waals surface area contributed by atoms with E-state index >= 15 is 0 Å². The Morgan fingerprint density at radius 2 is 1.80 bits per heavy atom. The first-order chi connectivity index (χ1) is 9.45. The third-order valence-electron chi connectivity index (χ3n) is 2.79. The van der Waals surface area contributed by atoms with Crippen molar-refractivity contribution in [3.05, 3.63) is 65.2 Å². The van der Waals surface area contributed by atoms with Gasteiger partial charge in [0.2, 0.25) is 0 Å². The molecule has 0 bridgehead atoms. The van der Waals surface area contributed by atoms with Crippen LogP contribution in [0.3, 0.4) is 0 Å². The quantitative estimate of drug-likeness (QED) is 0.899. The van der Waals surface area contributed by atoms with Crippen LogP contribution in [0.25, 0.3) is 0 Å². The SMILES string of the molecule is Cc1cccc(NC(C(=O)O)c2cc(F)cc(F)c2)c1. The molecular weight excluding hydrogens is 264 g/mol. The van der Waals surface area contributed by atoms with E-state index in [2.05, 4.69) is 5.32 Å². The van der Waals surface area contributed by atoms with Gasteiger partial charge in [0, 0.05) is 11.8 Å². The van der Waals surface area contributed by atoms with Gasteiger partial charge in [-0.2, -0.15) is 0 Å². The molecule has 0 saturated carbocycles. The molecular formula is C15H13F2NO2. The highest BCUT2D eigenvalue weighted by Crippen LogP contribution is 2.22. The van der Waals surface area contributed by atoms with Crippen molar-refractivity contribution in [3.63, 3.8) is 0 Å². The van der Waals surface area contributed by atoms with Crippen molar-refractivity contribution in [1.29, 1.82) is 0 Å². The number of rotatable bonds is 4. The van der Waals surface area contributed by atoms with Crippen LogP contribution >= 0.6 is 0 Å². The number of carboxylic acid groups (broad SMARTS) is 1. The summed E-state index contributed by atoms with van der Waals surface area (Å²) in [6.07, 6.45) is 0. The minimum Gasteiger partial charge on any atom is -0.479 e. The Kier molecular flexibility index (Phi) is 3.98. The van der Waals surface area contributed by atoms with E-state index in [1.165, 1.54) is 0 Å². The Balaban J connectivity index is 2.34. The number of hydrogen-bond acceptors (Lipinski definition) is 2. The molecule has 0 spiro atoms. The first-order valence-corrected chi connectivity index (χ1v) is 5.98. The number of hydrogen-bond donors (Lipinski definition) is 2. The molecule has 0 heterocycles. The summed E-state index contributed by atoms with van der Waals surface area (Å²) in [6, 6.07) is 8.57. The summed E-state index contributed by atoms with van der Waals surface area (Å²) in [7, 11) is 0. The Morgan fingerprint density at radius 1 is 1.15 bits per heavy atom. The predicted octanol–water partition coefficient (Wildman–Crippen LogP) is 3.51. The maximum absolute atomic E-state index is 13.2. The molecule has 0 amide bonds. The van der Waals surface area contributed by atoms with Crippen molar-refractivity contribution in [1.82, 2.24) is 0 Å². The zero-order valence-corrected chi connectivity index (χ0v) is 10.7. The Morgan fingerprint density at radius 3 is 2.35 bits per heavy atom. The monoisotopic (exact) mass is 277 g/mol. The van der Waals surface area contributed by atoms with Crippen LogP contribution in [0, 0.1) is 18.6 Å². The van der Waals surface area contributed by atoms with Crippen molar-refractivity contribution < 1.29 is 18.7 Å². The van der Waals surface area contributed by atoms with Gasteiger partial charge in [0.1, 0.15) is 11.6 Å². The van der Waals surface area contributed by atoms with E-state index in [4.69, 9.17) is 0 Å². The summed E-state index contributed by atoms with van der Waals surface area (Å²) in [5.41, 5.74) is 1.54. The zero-order valence-electron chi connectivity index (χ0n) is 10.7. The average molecular weight is 277 g/mol. The summed E-state index contributed by atoms with van der Waals surface area (Å²) < 4.78 is 26.4. The Hall–Kier alpha value is -2.43.